The molecule has 1 atom stereocenters. The first kappa shape index (κ1) is 25.0. The number of hydrogen-bond acceptors (Lipinski definition) is 5. The van der Waals surface area contributed by atoms with Crippen LogP contribution >= 0.6 is 0 Å². The second-order valence-corrected chi connectivity index (χ2v) is 9.30. The Hall–Kier alpha value is -2.63. The van der Waals surface area contributed by atoms with E-state index in [2.05, 4.69) is 17.4 Å². The first-order valence-electron chi connectivity index (χ1n) is 12.6. The van der Waals surface area contributed by atoms with Crippen LogP contribution < -0.4 is 5.32 Å². The minimum Gasteiger partial charge on any atom is -0.477 e. The van der Waals surface area contributed by atoms with Gasteiger partial charge >= 0.3 is 6.09 Å². The number of allylic oxidation sites excluding steroid dienone is 1. The van der Waals surface area contributed by atoms with Gasteiger partial charge in [0.1, 0.15) is 0 Å². The lowest BCUT2D eigenvalue weighted by Crippen LogP contribution is -2.42. The molecular formula is C27H38N2O4. The largest absolute Gasteiger partial charge is 0.477 e. The Morgan fingerprint density at radius 1 is 1.09 bits per heavy atom. The lowest BCUT2D eigenvalue weighted by molar-refractivity contribution is -0.134. The van der Waals surface area contributed by atoms with E-state index in [0.717, 1.165) is 44.1 Å². The van der Waals surface area contributed by atoms with E-state index in [1.165, 1.54) is 38.2 Å². The summed E-state index contributed by atoms with van der Waals surface area (Å²) in [6.45, 7) is 4.63. The van der Waals surface area contributed by atoms with Crippen LogP contribution in [0, 0.1) is 5.92 Å². The quantitative estimate of drug-likeness (QED) is 0.184. The molecule has 1 saturated carbocycles. The van der Waals surface area contributed by atoms with Gasteiger partial charge in [-0.3, -0.25) is 9.63 Å². The van der Waals surface area contributed by atoms with Crippen molar-refractivity contribution in [1.82, 2.24) is 5.32 Å². The highest BCUT2D eigenvalue weighted by molar-refractivity contribution is 6.16. The normalized spacial score (nSPS) is 21.5. The molecule has 0 aromatic heterocycles. The van der Waals surface area contributed by atoms with Crippen LogP contribution in [0.2, 0.25) is 0 Å². The molecule has 1 heterocycles. The number of ketones is 1. The third-order valence-electron chi connectivity index (χ3n) is 6.76. The molecule has 0 bridgehead atoms. The molecule has 3 rings (SSSR count). The van der Waals surface area contributed by atoms with Crippen molar-refractivity contribution < 1.29 is 19.2 Å². The molecule has 6 heteroatoms. The van der Waals surface area contributed by atoms with E-state index < -0.39 is 11.7 Å². The number of nitrogens with one attached hydrogen (secondary N) is 1. The first-order valence-corrected chi connectivity index (χ1v) is 12.6. The number of ether oxygens (including phenoxy) is 1. The molecule has 0 spiro atoms. The minimum absolute atomic E-state index is 0.0412. The molecule has 1 fully saturated rings. The number of oxime groups is 1. The molecular weight excluding hydrogens is 416 g/mol. The van der Waals surface area contributed by atoms with Crippen LogP contribution in [0.25, 0.3) is 0 Å². The fraction of sp³-hybridized carbons (Fsp3) is 0.593. The van der Waals surface area contributed by atoms with Gasteiger partial charge in [0, 0.05) is 24.1 Å². The smallest absolute Gasteiger partial charge is 0.433 e. The molecule has 6 nitrogen and oxygen atoms in total. The van der Waals surface area contributed by atoms with Gasteiger partial charge in [-0.1, -0.05) is 93.8 Å². The SMILES string of the molecule is CCCCCCCCNC(=O)O/N=C(/C1=CC(=O)C(C)(C2CCCCC2)O1)c1ccccc1. The molecule has 2 aliphatic rings. The highest BCUT2D eigenvalue weighted by Gasteiger charge is 2.47. The first-order chi connectivity index (χ1) is 16.0. The predicted octanol–water partition coefficient (Wildman–Crippen LogP) is 6.30. The second kappa shape index (κ2) is 12.6. The Kier molecular flexibility index (Phi) is 9.52. The molecule has 1 unspecified atom stereocenters. The molecule has 1 N–H and O–H groups in total. The zero-order valence-corrected chi connectivity index (χ0v) is 20.1. The summed E-state index contributed by atoms with van der Waals surface area (Å²) < 4.78 is 6.26. The molecule has 0 saturated heterocycles. The molecule has 1 aromatic rings. The van der Waals surface area contributed by atoms with Gasteiger partial charge in [-0.25, -0.2) is 4.79 Å². The van der Waals surface area contributed by atoms with Gasteiger partial charge < -0.3 is 10.1 Å². The Balaban J connectivity index is 1.62. The summed E-state index contributed by atoms with van der Waals surface area (Å²) in [5.41, 5.74) is 0.206. The molecule has 1 aromatic carbocycles. The zero-order valence-electron chi connectivity index (χ0n) is 20.1. The van der Waals surface area contributed by atoms with Crippen LogP contribution in [0.3, 0.4) is 0 Å². The van der Waals surface area contributed by atoms with Gasteiger partial charge in [0.25, 0.3) is 0 Å². The van der Waals surface area contributed by atoms with E-state index in [1.807, 2.05) is 37.3 Å². The van der Waals surface area contributed by atoms with Crippen molar-refractivity contribution in [1.29, 1.82) is 0 Å². The number of amides is 1. The Morgan fingerprint density at radius 2 is 1.79 bits per heavy atom. The number of carbonyl (C=O) groups is 2. The lowest BCUT2D eigenvalue weighted by Gasteiger charge is -2.35. The lowest BCUT2D eigenvalue weighted by atomic mass is 9.76. The van der Waals surface area contributed by atoms with Crippen LogP contribution in [0.4, 0.5) is 4.79 Å². The van der Waals surface area contributed by atoms with Crippen molar-refractivity contribution in [3.05, 3.63) is 47.7 Å². The van der Waals surface area contributed by atoms with Gasteiger partial charge in [-0.15, -0.1) is 0 Å². The van der Waals surface area contributed by atoms with Crippen molar-refractivity contribution in [2.75, 3.05) is 6.54 Å². The average Bonchev–Trinajstić information content (AvgIpc) is 3.15. The summed E-state index contributed by atoms with van der Waals surface area (Å²) in [5.74, 6) is 0.509. The van der Waals surface area contributed by atoms with E-state index in [9.17, 15) is 9.59 Å². The molecule has 0 radical (unpaired) electrons. The number of unbranched alkanes of at least 4 members (excludes halogenated alkanes) is 5. The Morgan fingerprint density at radius 3 is 2.52 bits per heavy atom. The van der Waals surface area contributed by atoms with Crippen molar-refractivity contribution in [2.45, 2.75) is 90.1 Å². The van der Waals surface area contributed by atoms with E-state index >= 15 is 0 Å². The maximum atomic E-state index is 13.0. The molecule has 1 amide bonds. The van der Waals surface area contributed by atoms with Crippen LogP contribution in [0.15, 0.2) is 47.3 Å². The van der Waals surface area contributed by atoms with Crippen molar-refractivity contribution in [3.8, 4) is 0 Å². The third-order valence-corrected chi connectivity index (χ3v) is 6.76. The van der Waals surface area contributed by atoms with Gasteiger partial charge in [0.05, 0.1) is 0 Å². The fourth-order valence-electron chi connectivity index (χ4n) is 4.68. The average molecular weight is 455 g/mol. The third kappa shape index (κ3) is 6.92. The van der Waals surface area contributed by atoms with Crippen LogP contribution in [-0.4, -0.2) is 29.7 Å². The Labute approximate surface area is 197 Å². The van der Waals surface area contributed by atoms with Crippen LogP contribution in [0.1, 0.15) is 90.0 Å². The number of rotatable bonds is 11. The highest BCUT2D eigenvalue weighted by atomic mass is 16.7. The predicted molar refractivity (Wildman–Crippen MR) is 130 cm³/mol. The van der Waals surface area contributed by atoms with Gasteiger partial charge in [0.2, 0.25) is 5.78 Å². The summed E-state index contributed by atoms with van der Waals surface area (Å²) in [6.07, 6.45) is 13.2. The van der Waals surface area contributed by atoms with Crippen molar-refractivity contribution in [3.63, 3.8) is 0 Å². The van der Waals surface area contributed by atoms with E-state index in [-0.39, 0.29) is 11.7 Å². The topological polar surface area (TPSA) is 77.0 Å². The monoisotopic (exact) mass is 454 g/mol. The maximum Gasteiger partial charge on any atom is 0.433 e. The molecule has 1 aliphatic heterocycles. The Bertz CT molecular complexity index is 843. The zero-order chi connectivity index (χ0) is 23.5. The van der Waals surface area contributed by atoms with E-state index in [4.69, 9.17) is 9.57 Å². The van der Waals surface area contributed by atoms with E-state index in [1.54, 1.807) is 0 Å². The fourth-order valence-corrected chi connectivity index (χ4v) is 4.68. The second-order valence-electron chi connectivity index (χ2n) is 9.30. The molecule has 1 aliphatic carbocycles. The summed E-state index contributed by atoms with van der Waals surface area (Å²) in [5, 5.41) is 6.87. The van der Waals surface area contributed by atoms with Crippen molar-refractivity contribution >= 4 is 17.6 Å². The number of benzene rings is 1. The summed E-state index contributed by atoms with van der Waals surface area (Å²) >= 11 is 0. The van der Waals surface area contributed by atoms with Gasteiger partial charge in [-0.05, 0) is 26.2 Å². The van der Waals surface area contributed by atoms with Crippen LogP contribution in [-0.2, 0) is 14.4 Å². The van der Waals surface area contributed by atoms with E-state index in [0.29, 0.717) is 18.0 Å². The molecule has 180 valence electrons. The van der Waals surface area contributed by atoms with Gasteiger partial charge in [0.15, 0.2) is 17.1 Å². The maximum absolute atomic E-state index is 13.0. The molecule has 33 heavy (non-hydrogen) atoms. The number of nitrogens with zero attached hydrogens (tertiary/aromatic N) is 1. The van der Waals surface area contributed by atoms with Gasteiger partial charge in [-0.2, -0.15) is 0 Å². The standard InChI is InChI=1S/C27H38N2O4/c1-3-4-5-6-7-14-19-28-26(31)33-29-25(21-15-10-8-11-16-21)23-20-24(30)27(2,32-23)22-17-12-9-13-18-22/h8,10-11,15-16,20,22H,3-7,9,12-14,17-19H2,1-2H3,(H,28,31)/b29-25+. The number of carbonyl (C=O) groups excluding carboxylic acids is 2. The summed E-state index contributed by atoms with van der Waals surface area (Å²) in [7, 11) is 0. The highest BCUT2D eigenvalue weighted by Crippen LogP contribution is 2.41. The summed E-state index contributed by atoms with van der Waals surface area (Å²) in [4.78, 5) is 30.3. The number of hydrogen-bond donors (Lipinski definition) is 1. The van der Waals surface area contributed by atoms with Crippen molar-refractivity contribution in [2.24, 2.45) is 11.1 Å². The summed E-state index contributed by atoms with van der Waals surface area (Å²) in [6, 6.07) is 9.38. The van der Waals surface area contributed by atoms with Crippen LogP contribution in [0.5, 0.6) is 0 Å². The minimum atomic E-state index is -0.884.